The molecule has 0 saturated carbocycles. The van der Waals surface area contributed by atoms with Crippen LogP contribution >= 0.6 is 39.3 Å². The monoisotopic (exact) mass is 636 g/mol. The van der Waals surface area contributed by atoms with Gasteiger partial charge in [0.15, 0.2) is 0 Å². The van der Waals surface area contributed by atoms with Crippen molar-refractivity contribution in [2.24, 2.45) is 7.05 Å². The average Bonchev–Trinajstić information content (AvgIpc) is 3.26. The van der Waals surface area contributed by atoms with Gasteiger partial charge in [-0.15, -0.1) is 0 Å². The Morgan fingerprint density at radius 2 is 1.69 bits per heavy atom. The number of aromatic nitrogens is 1. The number of hydrogen-bond donors (Lipinski definition) is 1. The number of amides is 1. The Labute approximate surface area is 242 Å². The van der Waals surface area contributed by atoms with Crippen LogP contribution < -0.4 is 5.54 Å². The standard InChI is InChI=1S/C20H14BrF3N2O2.C9H11ClS/c1-10-14(22)7-8-15(23)16(10)17-13(20(28)25-24)9-26(2)18(17)19(27)11-3-5-12(21)6-4-11;1-11-6-5-8-3-2-4-9(10)7-8/h3-9H,1-2H3,(H,25,28);2-4,7H,5-6H2,1H3. The Morgan fingerprint density at radius 1 is 1.03 bits per heavy atom. The number of aryl methyl sites for hydroxylation is 2. The summed E-state index contributed by atoms with van der Waals surface area (Å²) < 4.78 is 43.7. The first-order valence-corrected chi connectivity index (χ1v) is 14.2. The van der Waals surface area contributed by atoms with Gasteiger partial charge in [0.25, 0.3) is 5.91 Å². The van der Waals surface area contributed by atoms with Crippen LogP contribution in [0.25, 0.3) is 11.1 Å². The van der Waals surface area contributed by atoms with Crippen molar-refractivity contribution >= 4 is 51.0 Å². The second kappa shape index (κ2) is 13.9. The molecule has 10 heteroatoms. The van der Waals surface area contributed by atoms with Crippen LogP contribution in [0.15, 0.2) is 71.3 Å². The SMILES string of the molecule is CSCCc1cccc(Cl)c1.Cc1c(F)ccc(F)c1-c1c(C(=O)NF)cn(C)c1C(=O)c1ccc(Br)cc1. The summed E-state index contributed by atoms with van der Waals surface area (Å²) in [7, 11) is 1.47. The lowest BCUT2D eigenvalue weighted by atomic mass is 9.93. The molecule has 3 aromatic carbocycles. The highest BCUT2D eigenvalue weighted by Crippen LogP contribution is 2.36. The molecule has 1 aromatic heterocycles. The summed E-state index contributed by atoms with van der Waals surface area (Å²) in [5.74, 6) is -2.06. The molecule has 0 radical (unpaired) electrons. The van der Waals surface area contributed by atoms with Gasteiger partial charge in [-0.3, -0.25) is 9.59 Å². The highest BCUT2D eigenvalue weighted by atomic mass is 79.9. The normalized spacial score (nSPS) is 10.6. The van der Waals surface area contributed by atoms with Gasteiger partial charge < -0.3 is 4.57 Å². The lowest BCUT2D eigenvalue weighted by Gasteiger charge is -2.12. The molecule has 0 aliphatic rings. The number of hydrogen-bond acceptors (Lipinski definition) is 3. The third-order valence-corrected chi connectivity index (χ3v) is 7.29. The van der Waals surface area contributed by atoms with Crippen molar-refractivity contribution < 1.29 is 22.9 Å². The predicted octanol–water partition coefficient (Wildman–Crippen LogP) is 8.13. The molecule has 4 aromatic rings. The summed E-state index contributed by atoms with van der Waals surface area (Å²) >= 11 is 10.9. The van der Waals surface area contributed by atoms with Crippen molar-refractivity contribution in [2.45, 2.75) is 13.3 Å². The van der Waals surface area contributed by atoms with Crippen LogP contribution in [-0.4, -0.2) is 28.3 Å². The first kappa shape index (κ1) is 30.5. The fourth-order valence-electron chi connectivity index (χ4n) is 3.99. The minimum atomic E-state index is -1.16. The first-order chi connectivity index (χ1) is 18.6. The molecule has 1 amide bonds. The zero-order valence-corrected chi connectivity index (χ0v) is 24.5. The fraction of sp³-hybridized carbons (Fsp3) is 0.172. The molecule has 1 heterocycles. The van der Waals surface area contributed by atoms with E-state index in [1.807, 2.05) is 30.0 Å². The highest BCUT2D eigenvalue weighted by Gasteiger charge is 2.29. The van der Waals surface area contributed by atoms with Crippen LogP contribution in [-0.2, 0) is 13.5 Å². The molecule has 39 heavy (non-hydrogen) atoms. The maximum atomic E-state index is 14.7. The van der Waals surface area contributed by atoms with Crippen LogP contribution in [0, 0.1) is 18.6 Å². The van der Waals surface area contributed by atoms with Crippen molar-refractivity contribution in [1.82, 2.24) is 10.1 Å². The zero-order chi connectivity index (χ0) is 28.7. The van der Waals surface area contributed by atoms with E-state index in [4.69, 9.17) is 11.6 Å². The summed E-state index contributed by atoms with van der Waals surface area (Å²) in [5.41, 5.74) is 1.72. The summed E-state index contributed by atoms with van der Waals surface area (Å²) in [5, 5.41) is 0.837. The second-order valence-electron chi connectivity index (χ2n) is 8.54. The number of thioether (sulfide) groups is 1. The molecule has 0 unspecified atom stereocenters. The molecule has 0 aliphatic carbocycles. The summed E-state index contributed by atoms with van der Waals surface area (Å²) in [6.45, 7) is 1.33. The first-order valence-electron chi connectivity index (χ1n) is 11.7. The number of carbonyl (C=O) groups is 2. The van der Waals surface area contributed by atoms with Crippen LogP contribution in [0.2, 0.25) is 5.02 Å². The number of rotatable bonds is 7. The van der Waals surface area contributed by atoms with Gasteiger partial charge in [0.1, 0.15) is 11.6 Å². The predicted molar refractivity (Wildman–Crippen MR) is 155 cm³/mol. The van der Waals surface area contributed by atoms with E-state index in [-0.39, 0.29) is 33.5 Å². The smallest absolute Gasteiger partial charge is 0.281 e. The van der Waals surface area contributed by atoms with E-state index in [1.54, 1.807) is 24.3 Å². The molecular formula is C29H25BrClF3N2O2S. The quantitative estimate of drug-likeness (QED) is 0.164. The molecule has 0 atom stereocenters. The Kier molecular flexibility index (Phi) is 10.9. The zero-order valence-electron chi connectivity index (χ0n) is 21.3. The summed E-state index contributed by atoms with van der Waals surface area (Å²) in [6, 6.07) is 16.3. The minimum Gasteiger partial charge on any atom is -0.347 e. The molecule has 4 nitrogen and oxygen atoms in total. The van der Waals surface area contributed by atoms with E-state index in [0.717, 1.165) is 33.6 Å². The van der Waals surface area contributed by atoms with Crippen LogP contribution in [0.5, 0.6) is 0 Å². The Balaban J connectivity index is 0.000000320. The van der Waals surface area contributed by atoms with E-state index >= 15 is 0 Å². The van der Waals surface area contributed by atoms with E-state index < -0.39 is 23.3 Å². The van der Waals surface area contributed by atoms with E-state index in [2.05, 4.69) is 28.3 Å². The molecule has 204 valence electrons. The molecule has 0 saturated heterocycles. The Morgan fingerprint density at radius 3 is 2.31 bits per heavy atom. The lowest BCUT2D eigenvalue weighted by Crippen LogP contribution is -2.15. The largest absolute Gasteiger partial charge is 0.347 e. The van der Waals surface area contributed by atoms with Gasteiger partial charge in [-0.05, 0) is 85.0 Å². The van der Waals surface area contributed by atoms with Gasteiger partial charge in [0.2, 0.25) is 5.78 Å². The summed E-state index contributed by atoms with van der Waals surface area (Å²) in [4.78, 5) is 25.2. The number of nitrogens with zero attached hydrogens (tertiary/aromatic N) is 1. The number of benzene rings is 3. The van der Waals surface area contributed by atoms with Crippen LogP contribution in [0.3, 0.4) is 0 Å². The number of nitrogens with one attached hydrogen (secondary N) is 1. The van der Waals surface area contributed by atoms with Crippen molar-refractivity contribution in [2.75, 3.05) is 12.0 Å². The number of halogens is 5. The highest BCUT2D eigenvalue weighted by molar-refractivity contribution is 9.10. The summed E-state index contributed by atoms with van der Waals surface area (Å²) in [6.07, 6.45) is 4.44. The van der Waals surface area contributed by atoms with Gasteiger partial charge in [-0.25, -0.2) is 8.78 Å². The van der Waals surface area contributed by atoms with E-state index in [1.165, 1.54) is 36.1 Å². The van der Waals surface area contributed by atoms with Crippen molar-refractivity contribution in [3.63, 3.8) is 0 Å². The van der Waals surface area contributed by atoms with Crippen molar-refractivity contribution in [1.29, 1.82) is 0 Å². The van der Waals surface area contributed by atoms with Crippen LogP contribution in [0.4, 0.5) is 13.3 Å². The van der Waals surface area contributed by atoms with E-state index in [9.17, 15) is 22.9 Å². The third kappa shape index (κ3) is 7.35. The van der Waals surface area contributed by atoms with Crippen LogP contribution in [0.1, 0.15) is 37.5 Å². The molecule has 0 bridgehead atoms. The van der Waals surface area contributed by atoms with Gasteiger partial charge in [0, 0.05) is 39.4 Å². The number of carbonyl (C=O) groups excluding carboxylic acids is 2. The third-order valence-electron chi connectivity index (χ3n) is 5.92. The maximum Gasteiger partial charge on any atom is 0.281 e. The molecule has 1 N–H and O–H groups in total. The van der Waals surface area contributed by atoms with Gasteiger partial charge in [0.05, 0.1) is 11.3 Å². The Hall–Kier alpha value is -3.01. The molecule has 0 spiro atoms. The van der Waals surface area contributed by atoms with Gasteiger partial charge >= 0.3 is 0 Å². The molecule has 0 fully saturated rings. The lowest BCUT2D eigenvalue weighted by molar-refractivity contribution is 0.0860. The van der Waals surface area contributed by atoms with Crippen molar-refractivity contribution in [3.05, 3.63) is 116 Å². The van der Waals surface area contributed by atoms with E-state index in [0.29, 0.717) is 0 Å². The maximum absolute atomic E-state index is 14.7. The minimum absolute atomic E-state index is 0.0616. The topological polar surface area (TPSA) is 51.1 Å². The van der Waals surface area contributed by atoms with Gasteiger partial charge in [-0.2, -0.15) is 17.3 Å². The molecule has 0 aliphatic heterocycles. The average molecular weight is 638 g/mol. The second-order valence-corrected chi connectivity index (χ2v) is 10.9. The molecular weight excluding hydrogens is 613 g/mol. The fourth-order valence-corrected chi connectivity index (χ4v) is 4.90. The van der Waals surface area contributed by atoms with Gasteiger partial charge in [-0.1, -0.05) is 44.1 Å². The Bertz CT molecular complexity index is 1490. The number of ketones is 1. The molecule has 4 rings (SSSR count). The van der Waals surface area contributed by atoms with Crippen molar-refractivity contribution in [3.8, 4) is 11.1 Å².